The van der Waals surface area contributed by atoms with Gasteiger partial charge in [0.15, 0.2) is 0 Å². The minimum absolute atomic E-state index is 0.0692. The Hall–Kier alpha value is -1.88. The number of carbonyl (C=O) groups excluding carboxylic acids is 2. The Morgan fingerprint density at radius 2 is 1.92 bits per heavy atom. The van der Waals surface area contributed by atoms with Crippen LogP contribution in [-0.2, 0) is 20.9 Å². The van der Waals surface area contributed by atoms with Gasteiger partial charge in [-0.25, -0.2) is 0 Å². The Kier molecular flexibility index (Phi) is 4.50. The molecule has 5 heteroatoms. The number of piperidine rings is 1. The summed E-state index contributed by atoms with van der Waals surface area (Å²) < 4.78 is 5.55. The third-order valence-electron chi connectivity index (χ3n) is 6.07. The summed E-state index contributed by atoms with van der Waals surface area (Å²) in [5.74, 6) is 0.397. The number of hydrogen-bond acceptors (Lipinski definition) is 3. The second-order valence-electron chi connectivity index (χ2n) is 7.52. The van der Waals surface area contributed by atoms with E-state index in [1.165, 1.54) is 5.56 Å². The number of ether oxygens (including phenoxy) is 1. The lowest BCUT2D eigenvalue weighted by molar-refractivity contribution is -0.144. The van der Waals surface area contributed by atoms with E-state index in [9.17, 15) is 9.59 Å². The van der Waals surface area contributed by atoms with Crippen molar-refractivity contribution in [3.8, 4) is 0 Å². The van der Waals surface area contributed by atoms with E-state index in [1.807, 2.05) is 23.1 Å². The van der Waals surface area contributed by atoms with Crippen LogP contribution in [0, 0.1) is 0 Å². The molecular formula is C20H26N2O3. The lowest BCUT2D eigenvalue weighted by Crippen LogP contribution is -2.55. The van der Waals surface area contributed by atoms with Gasteiger partial charge in [0, 0.05) is 38.2 Å². The molecule has 1 aromatic carbocycles. The smallest absolute Gasteiger partial charge is 0.251 e. The molecule has 0 unspecified atom stereocenters. The zero-order valence-electron chi connectivity index (χ0n) is 14.7. The number of hydrogen-bond donors (Lipinski definition) is 0. The minimum Gasteiger partial charge on any atom is -0.368 e. The third-order valence-corrected chi connectivity index (χ3v) is 6.07. The molecule has 1 spiro atoms. The quantitative estimate of drug-likeness (QED) is 0.847. The number of carbonyl (C=O) groups is 2. The highest BCUT2D eigenvalue weighted by molar-refractivity contribution is 5.82. The molecule has 0 N–H and O–H groups in total. The average Bonchev–Trinajstić information content (AvgIpc) is 3.28. The maximum atomic E-state index is 12.6. The molecule has 134 valence electrons. The first-order valence-corrected chi connectivity index (χ1v) is 9.43. The van der Waals surface area contributed by atoms with E-state index in [0.29, 0.717) is 19.6 Å². The SMILES string of the molecule is O=C([C@@H]1CCCO1)N1CCC2(CCC(=O)N2Cc2ccccc2)CC1. The van der Waals surface area contributed by atoms with Crippen LogP contribution in [0.4, 0.5) is 0 Å². The standard InChI is InChI=1S/C20H26N2O3/c23-18-8-9-20(22(18)15-16-5-2-1-3-6-16)10-12-21(13-11-20)19(24)17-7-4-14-25-17/h1-3,5-6,17H,4,7-15H2/t17-/m0/s1. The molecule has 5 nitrogen and oxygen atoms in total. The molecule has 0 saturated carbocycles. The first kappa shape index (κ1) is 16.6. The van der Waals surface area contributed by atoms with Gasteiger partial charge in [-0.1, -0.05) is 30.3 Å². The molecule has 25 heavy (non-hydrogen) atoms. The van der Waals surface area contributed by atoms with E-state index in [-0.39, 0.29) is 23.5 Å². The minimum atomic E-state index is -0.236. The summed E-state index contributed by atoms with van der Waals surface area (Å²) in [7, 11) is 0. The van der Waals surface area contributed by atoms with Crippen LogP contribution in [0.3, 0.4) is 0 Å². The fourth-order valence-electron chi connectivity index (χ4n) is 4.54. The van der Waals surface area contributed by atoms with Gasteiger partial charge < -0.3 is 14.5 Å². The van der Waals surface area contributed by atoms with Crippen LogP contribution in [0.2, 0.25) is 0 Å². The normalized spacial score (nSPS) is 25.8. The highest BCUT2D eigenvalue weighted by atomic mass is 16.5. The molecule has 2 amide bonds. The van der Waals surface area contributed by atoms with Gasteiger partial charge >= 0.3 is 0 Å². The predicted octanol–water partition coefficient (Wildman–Crippen LogP) is 2.35. The molecule has 0 aliphatic carbocycles. The summed E-state index contributed by atoms with van der Waals surface area (Å²) in [6.45, 7) is 2.85. The van der Waals surface area contributed by atoms with Crippen molar-refractivity contribution in [2.75, 3.05) is 19.7 Å². The number of likely N-dealkylation sites (tertiary alicyclic amines) is 2. The largest absolute Gasteiger partial charge is 0.368 e. The zero-order chi connectivity index (χ0) is 17.3. The van der Waals surface area contributed by atoms with Crippen molar-refractivity contribution in [3.63, 3.8) is 0 Å². The fourth-order valence-corrected chi connectivity index (χ4v) is 4.54. The molecule has 3 fully saturated rings. The van der Waals surface area contributed by atoms with Gasteiger partial charge in [0.1, 0.15) is 6.10 Å². The van der Waals surface area contributed by atoms with Crippen LogP contribution >= 0.6 is 0 Å². The van der Waals surface area contributed by atoms with Gasteiger partial charge in [-0.3, -0.25) is 9.59 Å². The van der Waals surface area contributed by atoms with E-state index in [0.717, 1.165) is 45.2 Å². The fraction of sp³-hybridized carbons (Fsp3) is 0.600. The highest BCUT2D eigenvalue weighted by Gasteiger charge is 2.47. The lowest BCUT2D eigenvalue weighted by atomic mass is 9.84. The molecular weight excluding hydrogens is 316 g/mol. The summed E-state index contributed by atoms with van der Waals surface area (Å²) >= 11 is 0. The first-order valence-electron chi connectivity index (χ1n) is 9.43. The molecule has 3 saturated heterocycles. The summed E-state index contributed by atoms with van der Waals surface area (Å²) in [5, 5.41) is 0. The van der Waals surface area contributed by atoms with Crippen molar-refractivity contribution in [1.82, 2.24) is 9.80 Å². The lowest BCUT2D eigenvalue weighted by Gasteiger charge is -2.45. The maximum Gasteiger partial charge on any atom is 0.251 e. The Morgan fingerprint density at radius 1 is 1.16 bits per heavy atom. The molecule has 0 aromatic heterocycles. The number of rotatable bonds is 3. The van der Waals surface area contributed by atoms with Gasteiger partial charge in [-0.2, -0.15) is 0 Å². The predicted molar refractivity (Wildman–Crippen MR) is 93.7 cm³/mol. The van der Waals surface area contributed by atoms with E-state index < -0.39 is 0 Å². The van der Waals surface area contributed by atoms with Gasteiger partial charge in [0.05, 0.1) is 0 Å². The molecule has 1 aromatic rings. The zero-order valence-corrected chi connectivity index (χ0v) is 14.7. The van der Waals surface area contributed by atoms with Crippen LogP contribution in [0.15, 0.2) is 30.3 Å². The van der Waals surface area contributed by atoms with Crippen molar-refractivity contribution in [2.24, 2.45) is 0 Å². The van der Waals surface area contributed by atoms with Crippen LogP contribution in [0.1, 0.15) is 44.1 Å². The van der Waals surface area contributed by atoms with Gasteiger partial charge in [0.25, 0.3) is 5.91 Å². The average molecular weight is 342 g/mol. The summed E-state index contributed by atoms with van der Waals surface area (Å²) in [5.41, 5.74) is 1.11. The molecule has 4 rings (SSSR count). The molecule has 0 radical (unpaired) electrons. The summed E-state index contributed by atoms with van der Waals surface area (Å²) in [4.78, 5) is 29.1. The van der Waals surface area contributed by atoms with Gasteiger partial charge in [-0.15, -0.1) is 0 Å². The Bertz CT molecular complexity index is 632. The van der Waals surface area contributed by atoms with Crippen molar-refractivity contribution >= 4 is 11.8 Å². The molecule has 1 atom stereocenters. The van der Waals surface area contributed by atoms with Crippen molar-refractivity contribution in [1.29, 1.82) is 0 Å². The third kappa shape index (κ3) is 3.17. The molecule has 3 aliphatic rings. The van der Waals surface area contributed by atoms with Crippen LogP contribution in [0.25, 0.3) is 0 Å². The van der Waals surface area contributed by atoms with Crippen LogP contribution < -0.4 is 0 Å². The van der Waals surface area contributed by atoms with E-state index in [4.69, 9.17) is 4.74 Å². The monoisotopic (exact) mass is 342 g/mol. The molecule has 3 aliphatic heterocycles. The highest BCUT2D eigenvalue weighted by Crippen LogP contribution is 2.40. The maximum absolute atomic E-state index is 12.6. The van der Waals surface area contributed by atoms with Crippen molar-refractivity contribution in [3.05, 3.63) is 35.9 Å². The van der Waals surface area contributed by atoms with Gasteiger partial charge in [0.2, 0.25) is 5.91 Å². The molecule has 3 heterocycles. The topological polar surface area (TPSA) is 49.9 Å². The van der Waals surface area contributed by atoms with Crippen LogP contribution in [-0.4, -0.2) is 53.0 Å². The second-order valence-corrected chi connectivity index (χ2v) is 7.52. The first-order chi connectivity index (χ1) is 12.2. The van der Waals surface area contributed by atoms with E-state index >= 15 is 0 Å². The number of benzene rings is 1. The second kappa shape index (κ2) is 6.79. The Balaban J connectivity index is 1.43. The summed E-state index contributed by atoms with van der Waals surface area (Å²) in [6.07, 6.45) is 4.90. The number of nitrogens with zero attached hydrogens (tertiary/aromatic N) is 2. The van der Waals surface area contributed by atoms with Gasteiger partial charge in [-0.05, 0) is 37.7 Å². The number of amides is 2. The van der Waals surface area contributed by atoms with Crippen molar-refractivity contribution in [2.45, 2.75) is 56.7 Å². The Labute approximate surface area is 148 Å². The van der Waals surface area contributed by atoms with Crippen LogP contribution in [0.5, 0.6) is 0 Å². The van der Waals surface area contributed by atoms with E-state index in [1.54, 1.807) is 0 Å². The van der Waals surface area contributed by atoms with E-state index in [2.05, 4.69) is 17.0 Å². The Morgan fingerprint density at radius 3 is 2.60 bits per heavy atom. The van der Waals surface area contributed by atoms with Crippen molar-refractivity contribution < 1.29 is 14.3 Å². The summed E-state index contributed by atoms with van der Waals surface area (Å²) in [6, 6.07) is 10.2. The molecule has 0 bridgehead atoms.